The summed E-state index contributed by atoms with van der Waals surface area (Å²) in [6.45, 7) is 5.42. The Balaban J connectivity index is 2.08. The zero-order chi connectivity index (χ0) is 18.4. The van der Waals surface area contributed by atoms with E-state index in [-0.39, 0.29) is 21.7 Å². The fourth-order valence-corrected chi connectivity index (χ4v) is 3.57. The summed E-state index contributed by atoms with van der Waals surface area (Å²) < 4.78 is 43.8. The van der Waals surface area contributed by atoms with Crippen LogP contribution in [0.2, 0.25) is 0 Å². The minimum absolute atomic E-state index is 0.0932. The first-order valence-corrected chi connectivity index (χ1v) is 9.10. The summed E-state index contributed by atoms with van der Waals surface area (Å²) in [6.07, 6.45) is 1.33. The van der Waals surface area contributed by atoms with Crippen LogP contribution >= 0.6 is 0 Å². The van der Waals surface area contributed by atoms with Gasteiger partial charge in [0, 0.05) is 12.7 Å². The molecular formula is C16H17FN4O3S. The van der Waals surface area contributed by atoms with Crippen LogP contribution in [0.5, 0.6) is 0 Å². The summed E-state index contributed by atoms with van der Waals surface area (Å²) in [7, 11) is -3.97. The van der Waals surface area contributed by atoms with E-state index in [1.54, 1.807) is 20.8 Å². The smallest absolute Gasteiger partial charge is 0.291 e. The highest BCUT2D eigenvalue weighted by atomic mass is 32.2. The highest BCUT2D eigenvalue weighted by molar-refractivity contribution is 7.92. The van der Waals surface area contributed by atoms with Crippen LogP contribution < -0.4 is 10.3 Å². The van der Waals surface area contributed by atoms with Gasteiger partial charge in [-0.1, -0.05) is 6.07 Å². The first-order valence-electron chi connectivity index (χ1n) is 7.61. The van der Waals surface area contributed by atoms with E-state index in [1.807, 2.05) is 0 Å². The van der Waals surface area contributed by atoms with Crippen LogP contribution in [0.4, 0.5) is 10.1 Å². The van der Waals surface area contributed by atoms with E-state index >= 15 is 0 Å². The summed E-state index contributed by atoms with van der Waals surface area (Å²) in [5, 5.41) is 4.12. The van der Waals surface area contributed by atoms with Crippen molar-refractivity contribution in [2.24, 2.45) is 0 Å². The molecule has 3 rings (SSSR count). The first-order chi connectivity index (χ1) is 11.7. The molecule has 0 saturated carbocycles. The van der Waals surface area contributed by atoms with E-state index in [2.05, 4.69) is 9.82 Å². The number of nitrogens with one attached hydrogen (secondary N) is 1. The maximum Gasteiger partial charge on any atom is 0.291 e. The highest BCUT2D eigenvalue weighted by Gasteiger charge is 2.20. The van der Waals surface area contributed by atoms with E-state index in [1.165, 1.54) is 33.5 Å². The van der Waals surface area contributed by atoms with Crippen LogP contribution in [0.1, 0.15) is 18.3 Å². The second kappa shape index (κ2) is 5.99. The Morgan fingerprint density at radius 2 is 1.96 bits per heavy atom. The molecule has 25 heavy (non-hydrogen) atoms. The van der Waals surface area contributed by atoms with E-state index in [4.69, 9.17) is 0 Å². The molecule has 0 spiro atoms. The van der Waals surface area contributed by atoms with Gasteiger partial charge >= 0.3 is 0 Å². The molecule has 0 fully saturated rings. The molecule has 1 N–H and O–H groups in total. The van der Waals surface area contributed by atoms with Crippen LogP contribution in [0, 0.1) is 19.7 Å². The molecule has 132 valence electrons. The topological polar surface area (TPSA) is 85.5 Å². The molecule has 0 atom stereocenters. The fraction of sp³-hybridized carbons (Fsp3) is 0.250. The summed E-state index contributed by atoms with van der Waals surface area (Å²) in [4.78, 5) is 12.2. The number of fused-ring (bicyclic) bond motifs is 1. The quantitative estimate of drug-likeness (QED) is 0.768. The Morgan fingerprint density at radius 1 is 1.24 bits per heavy atom. The number of sulfonamides is 1. The molecule has 0 aliphatic heterocycles. The SMILES string of the molecule is CCn1nc(C)n2cc(S(=O)(=O)Nc3ccc(C)c(F)c3)cc2c1=O. The lowest BCUT2D eigenvalue weighted by Crippen LogP contribution is -2.25. The van der Waals surface area contributed by atoms with Gasteiger partial charge in [-0.15, -0.1) is 0 Å². The van der Waals surface area contributed by atoms with Crippen molar-refractivity contribution in [1.82, 2.24) is 14.2 Å². The van der Waals surface area contributed by atoms with E-state index in [9.17, 15) is 17.6 Å². The molecule has 9 heteroatoms. The van der Waals surface area contributed by atoms with Gasteiger partial charge in [-0.3, -0.25) is 13.9 Å². The van der Waals surface area contributed by atoms with Gasteiger partial charge in [0.15, 0.2) is 0 Å². The van der Waals surface area contributed by atoms with Crippen molar-refractivity contribution >= 4 is 21.2 Å². The zero-order valence-corrected chi connectivity index (χ0v) is 14.8. The predicted octanol–water partition coefficient (Wildman–Crippen LogP) is 2.07. The van der Waals surface area contributed by atoms with Crippen molar-refractivity contribution in [2.75, 3.05) is 4.72 Å². The van der Waals surface area contributed by atoms with Gasteiger partial charge in [-0.05, 0) is 44.5 Å². The maximum absolute atomic E-state index is 13.6. The largest absolute Gasteiger partial charge is 0.298 e. The van der Waals surface area contributed by atoms with Crippen LogP contribution in [-0.4, -0.2) is 22.6 Å². The van der Waals surface area contributed by atoms with Gasteiger partial charge in [0.05, 0.1) is 5.69 Å². The number of halogens is 1. The molecule has 0 saturated heterocycles. The average Bonchev–Trinajstić information content (AvgIpc) is 3.01. The van der Waals surface area contributed by atoms with Crippen molar-refractivity contribution in [3.63, 3.8) is 0 Å². The van der Waals surface area contributed by atoms with E-state index < -0.39 is 15.8 Å². The molecule has 0 bridgehead atoms. The predicted molar refractivity (Wildman–Crippen MR) is 91.8 cm³/mol. The molecule has 0 amide bonds. The van der Waals surface area contributed by atoms with Crippen LogP contribution in [0.15, 0.2) is 40.2 Å². The Morgan fingerprint density at radius 3 is 2.60 bits per heavy atom. The van der Waals surface area contributed by atoms with Crippen molar-refractivity contribution in [1.29, 1.82) is 0 Å². The Labute approximate surface area is 143 Å². The number of anilines is 1. The standard InChI is InChI=1S/C16H17FN4O3S/c1-4-21-16(22)15-8-13(9-20(15)11(3)18-21)25(23,24)19-12-6-5-10(2)14(17)7-12/h5-9,19H,4H2,1-3H3. The maximum atomic E-state index is 13.6. The molecule has 0 unspecified atom stereocenters. The van der Waals surface area contributed by atoms with Crippen molar-refractivity contribution in [3.05, 3.63) is 58.0 Å². The molecule has 2 heterocycles. The van der Waals surface area contributed by atoms with Crippen molar-refractivity contribution < 1.29 is 12.8 Å². The van der Waals surface area contributed by atoms with Gasteiger partial charge in [0.1, 0.15) is 22.1 Å². The lowest BCUT2D eigenvalue weighted by molar-refractivity contribution is 0.592. The lowest BCUT2D eigenvalue weighted by atomic mass is 10.2. The third-order valence-corrected chi connectivity index (χ3v) is 5.24. The lowest BCUT2D eigenvalue weighted by Gasteiger charge is -2.07. The zero-order valence-electron chi connectivity index (χ0n) is 13.9. The fourth-order valence-electron chi connectivity index (χ4n) is 2.50. The van der Waals surface area contributed by atoms with Crippen molar-refractivity contribution in [2.45, 2.75) is 32.2 Å². The molecular weight excluding hydrogens is 347 g/mol. The van der Waals surface area contributed by atoms with Gasteiger partial charge in [-0.25, -0.2) is 17.5 Å². The summed E-state index contributed by atoms with van der Waals surface area (Å²) in [5.41, 5.74) is 0.360. The van der Waals surface area contributed by atoms with Gasteiger partial charge < -0.3 is 0 Å². The number of nitrogens with zero attached hydrogens (tertiary/aromatic N) is 3. The van der Waals surface area contributed by atoms with Gasteiger partial charge in [0.25, 0.3) is 15.6 Å². The van der Waals surface area contributed by atoms with Crippen LogP contribution in [-0.2, 0) is 16.6 Å². The minimum atomic E-state index is -3.97. The monoisotopic (exact) mass is 364 g/mol. The Hall–Kier alpha value is -2.68. The van der Waals surface area contributed by atoms with Crippen LogP contribution in [0.3, 0.4) is 0 Å². The second-order valence-electron chi connectivity index (χ2n) is 5.67. The van der Waals surface area contributed by atoms with Crippen LogP contribution in [0.25, 0.3) is 5.52 Å². The Kier molecular flexibility index (Phi) is 4.11. The number of aromatic nitrogens is 3. The minimum Gasteiger partial charge on any atom is -0.298 e. The van der Waals surface area contributed by atoms with Gasteiger partial charge in [-0.2, -0.15) is 5.10 Å². The molecule has 3 aromatic rings. The Bertz CT molecular complexity index is 1130. The normalized spacial score (nSPS) is 11.8. The molecule has 2 aromatic heterocycles. The van der Waals surface area contributed by atoms with Crippen molar-refractivity contribution in [3.8, 4) is 0 Å². The summed E-state index contributed by atoms with van der Waals surface area (Å²) in [5.74, 6) is -0.0209. The average molecular weight is 364 g/mol. The third-order valence-electron chi connectivity index (χ3n) is 3.90. The molecule has 0 radical (unpaired) electrons. The van der Waals surface area contributed by atoms with E-state index in [0.717, 1.165) is 6.07 Å². The molecule has 1 aromatic carbocycles. The number of aryl methyl sites for hydroxylation is 3. The summed E-state index contributed by atoms with van der Waals surface area (Å²) >= 11 is 0. The third kappa shape index (κ3) is 3.02. The first kappa shape index (κ1) is 17.2. The molecule has 7 nitrogen and oxygen atoms in total. The van der Waals surface area contributed by atoms with Gasteiger partial charge in [0.2, 0.25) is 0 Å². The number of hydrogen-bond acceptors (Lipinski definition) is 4. The van der Waals surface area contributed by atoms with E-state index in [0.29, 0.717) is 17.9 Å². The number of hydrogen-bond donors (Lipinski definition) is 1. The second-order valence-corrected chi connectivity index (χ2v) is 7.35. The number of rotatable bonds is 4. The summed E-state index contributed by atoms with van der Waals surface area (Å²) in [6, 6.07) is 5.36. The molecule has 0 aliphatic rings. The molecule has 0 aliphatic carbocycles. The highest BCUT2D eigenvalue weighted by Crippen LogP contribution is 2.20. The number of benzene rings is 1.